The van der Waals surface area contributed by atoms with Gasteiger partial charge in [-0.1, -0.05) is 6.07 Å². The molecule has 2 rings (SSSR count). The molecule has 3 nitrogen and oxygen atoms in total. The van der Waals surface area contributed by atoms with Crippen molar-refractivity contribution in [1.29, 1.82) is 0 Å². The summed E-state index contributed by atoms with van der Waals surface area (Å²) >= 11 is 3.25. The van der Waals surface area contributed by atoms with Crippen LogP contribution in [0, 0.1) is 5.82 Å². The highest BCUT2D eigenvalue weighted by Crippen LogP contribution is 2.24. The fourth-order valence-electron chi connectivity index (χ4n) is 1.66. The van der Waals surface area contributed by atoms with Gasteiger partial charge in [0.15, 0.2) is 0 Å². The minimum Gasteiger partial charge on any atom is -0.508 e. The molecule has 1 unspecified atom stereocenters. The number of phenols is 1. The van der Waals surface area contributed by atoms with Crippen molar-refractivity contribution >= 4 is 21.6 Å². The summed E-state index contributed by atoms with van der Waals surface area (Å²) < 4.78 is 14.4. The first-order valence-electron chi connectivity index (χ1n) is 5.43. The normalized spacial score (nSPS) is 12.2. The van der Waals surface area contributed by atoms with Crippen LogP contribution in [-0.4, -0.2) is 10.1 Å². The Labute approximate surface area is 113 Å². The van der Waals surface area contributed by atoms with Crippen LogP contribution in [0.3, 0.4) is 0 Å². The maximum absolute atomic E-state index is 13.6. The van der Waals surface area contributed by atoms with Gasteiger partial charge < -0.3 is 10.4 Å². The molecule has 94 valence electrons. The molecule has 0 radical (unpaired) electrons. The van der Waals surface area contributed by atoms with Gasteiger partial charge in [-0.2, -0.15) is 0 Å². The average molecular weight is 311 g/mol. The number of aromatic hydroxyl groups is 1. The van der Waals surface area contributed by atoms with E-state index in [4.69, 9.17) is 5.11 Å². The van der Waals surface area contributed by atoms with Crippen LogP contribution in [0.1, 0.15) is 18.5 Å². The fourth-order valence-corrected chi connectivity index (χ4v) is 1.89. The summed E-state index contributed by atoms with van der Waals surface area (Å²) in [6, 6.07) is 7.58. The molecule has 2 N–H and O–H groups in total. The number of phenolic OH excluding ortho intramolecular Hbond substituents is 1. The predicted octanol–water partition coefficient (Wildman–Crippen LogP) is 3.86. The Morgan fingerprint density at radius 1 is 1.33 bits per heavy atom. The third-order valence-electron chi connectivity index (χ3n) is 2.56. The van der Waals surface area contributed by atoms with E-state index in [1.54, 1.807) is 12.3 Å². The number of pyridine rings is 1. The van der Waals surface area contributed by atoms with Crippen molar-refractivity contribution in [1.82, 2.24) is 4.98 Å². The van der Waals surface area contributed by atoms with Gasteiger partial charge in [0.1, 0.15) is 16.2 Å². The van der Waals surface area contributed by atoms with Gasteiger partial charge in [0.05, 0.1) is 17.9 Å². The van der Waals surface area contributed by atoms with E-state index in [1.807, 2.05) is 19.1 Å². The number of hydrogen-bond acceptors (Lipinski definition) is 3. The molecule has 1 aromatic carbocycles. The Bertz CT molecular complexity index is 545. The Hall–Kier alpha value is -1.62. The van der Waals surface area contributed by atoms with Crippen LogP contribution in [0.15, 0.2) is 41.1 Å². The van der Waals surface area contributed by atoms with Crippen molar-refractivity contribution < 1.29 is 9.50 Å². The number of hydrogen-bond donors (Lipinski definition) is 2. The van der Waals surface area contributed by atoms with Crippen LogP contribution in [0.2, 0.25) is 0 Å². The number of nitrogens with zero attached hydrogens (tertiary/aromatic N) is 1. The Balaban J connectivity index is 2.16. The van der Waals surface area contributed by atoms with E-state index < -0.39 is 5.82 Å². The standard InChI is InChI=1S/C13H12BrFN2O/c1-8(11-4-3-10(18)6-12(11)15)17-9-2-5-13(14)16-7-9/h2-8,17-18H,1H3. The predicted molar refractivity (Wildman–Crippen MR) is 72.0 cm³/mol. The fraction of sp³-hybridized carbons (Fsp3) is 0.154. The van der Waals surface area contributed by atoms with Crippen molar-refractivity contribution in [2.24, 2.45) is 0 Å². The Morgan fingerprint density at radius 3 is 2.72 bits per heavy atom. The van der Waals surface area contributed by atoms with Crippen LogP contribution >= 0.6 is 15.9 Å². The number of halogens is 2. The lowest BCUT2D eigenvalue weighted by Crippen LogP contribution is -2.08. The number of benzene rings is 1. The van der Waals surface area contributed by atoms with Gasteiger partial charge in [-0.15, -0.1) is 0 Å². The van der Waals surface area contributed by atoms with Crippen molar-refractivity contribution in [2.45, 2.75) is 13.0 Å². The molecule has 5 heteroatoms. The first-order chi connectivity index (χ1) is 8.56. The minimum atomic E-state index is -0.430. The van der Waals surface area contributed by atoms with Crippen molar-refractivity contribution in [3.05, 3.63) is 52.5 Å². The topological polar surface area (TPSA) is 45.2 Å². The van der Waals surface area contributed by atoms with Gasteiger partial charge in [0, 0.05) is 11.6 Å². The second kappa shape index (κ2) is 5.35. The maximum atomic E-state index is 13.6. The number of aromatic nitrogens is 1. The minimum absolute atomic E-state index is 0.0752. The molecule has 0 amide bonds. The summed E-state index contributed by atoms with van der Waals surface area (Å²) in [5.41, 5.74) is 1.30. The molecular formula is C13H12BrFN2O. The van der Waals surface area contributed by atoms with E-state index in [9.17, 15) is 4.39 Å². The molecule has 18 heavy (non-hydrogen) atoms. The summed E-state index contributed by atoms with van der Waals surface area (Å²) in [5.74, 6) is -0.506. The molecule has 0 fully saturated rings. The number of rotatable bonds is 3. The highest BCUT2D eigenvalue weighted by molar-refractivity contribution is 9.10. The van der Waals surface area contributed by atoms with Crippen LogP contribution in [0.25, 0.3) is 0 Å². The first-order valence-corrected chi connectivity index (χ1v) is 6.22. The molecule has 0 aliphatic carbocycles. The van der Waals surface area contributed by atoms with Gasteiger partial charge in [-0.3, -0.25) is 0 Å². The Morgan fingerprint density at radius 2 is 2.11 bits per heavy atom. The summed E-state index contributed by atoms with van der Waals surface area (Å²) in [5, 5.41) is 12.3. The van der Waals surface area contributed by atoms with E-state index >= 15 is 0 Å². The van der Waals surface area contributed by atoms with E-state index in [2.05, 4.69) is 26.2 Å². The molecule has 2 aromatic rings. The largest absolute Gasteiger partial charge is 0.508 e. The highest BCUT2D eigenvalue weighted by atomic mass is 79.9. The second-order valence-corrected chi connectivity index (χ2v) is 4.75. The molecule has 0 bridgehead atoms. The van der Waals surface area contributed by atoms with E-state index in [0.717, 1.165) is 16.4 Å². The van der Waals surface area contributed by atoms with Gasteiger partial charge in [0.25, 0.3) is 0 Å². The van der Waals surface area contributed by atoms with Crippen LogP contribution in [0.4, 0.5) is 10.1 Å². The van der Waals surface area contributed by atoms with Gasteiger partial charge in [-0.05, 0) is 41.1 Å². The summed E-state index contributed by atoms with van der Waals surface area (Å²) in [4.78, 5) is 4.08. The van der Waals surface area contributed by atoms with Crippen LogP contribution in [0.5, 0.6) is 5.75 Å². The van der Waals surface area contributed by atoms with Gasteiger partial charge in [0.2, 0.25) is 0 Å². The van der Waals surface area contributed by atoms with E-state index in [1.165, 1.54) is 6.07 Å². The molecule has 0 spiro atoms. The lowest BCUT2D eigenvalue weighted by atomic mass is 10.1. The van der Waals surface area contributed by atoms with Gasteiger partial charge in [-0.25, -0.2) is 9.37 Å². The van der Waals surface area contributed by atoms with Crippen LogP contribution < -0.4 is 5.32 Å². The summed E-state index contributed by atoms with van der Waals surface area (Å²) in [7, 11) is 0. The SMILES string of the molecule is CC(Nc1ccc(Br)nc1)c1ccc(O)cc1F. The molecule has 0 saturated heterocycles. The first kappa shape index (κ1) is 12.8. The smallest absolute Gasteiger partial charge is 0.132 e. The van der Waals surface area contributed by atoms with E-state index in [-0.39, 0.29) is 11.8 Å². The molecule has 0 saturated carbocycles. The van der Waals surface area contributed by atoms with Crippen molar-refractivity contribution in [3.63, 3.8) is 0 Å². The zero-order valence-electron chi connectivity index (χ0n) is 9.69. The van der Waals surface area contributed by atoms with Crippen LogP contribution in [-0.2, 0) is 0 Å². The van der Waals surface area contributed by atoms with E-state index in [0.29, 0.717) is 5.56 Å². The quantitative estimate of drug-likeness (QED) is 0.846. The average Bonchev–Trinajstić information content (AvgIpc) is 2.32. The zero-order valence-corrected chi connectivity index (χ0v) is 11.3. The monoisotopic (exact) mass is 310 g/mol. The van der Waals surface area contributed by atoms with Crippen molar-refractivity contribution in [3.8, 4) is 5.75 Å². The lowest BCUT2D eigenvalue weighted by molar-refractivity contribution is 0.467. The Kier molecular flexibility index (Phi) is 3.81. The zero-order chi connectivity index (χ0) is 13.1. The summed E-state index contributed by atoms with van der Waals surface area (Å²) in [6.45, 7) is 1.84. The molecular weight excluding hydrogens is 299 g/mol. The summed E-state index contributed by atoms with van der Waals surface area (Å²) in [6.07, 6.45) is 1.67. The number of anilines is 1. The third-order valence-corrected chi connectivity index (χ3v) is 3.03. The molecule has 1 aromatic heterocycles. The maximum Gasteiger partial charge on any atom is 0.132 e. The second-order valence-electron chi connectivity index (χ2n) is 3.94. The molecule has 1 atom stereocenters. The number of nitrogens with one attached hydrogen (secondary N) is 1. The highest BCUT2D eigenvalue weighted by Gasteiger charge is 2.11. The lowest BCUT2D eigenvalue weighted by Gasteiger charge is -2.16. The molecule has 1 heterocycles. The van der Waals surface area contributed by atoms with Crippen molar-refractivity contribution in [2.75, 3.05) is 5.32 Å². The van der Waals surface area contributed by atoms with Gasteiger partial charge >= 0.3 is 0 Å². The molecule has 0 aliphatic rings. The molecule has 0 aliphatic heterocycles. The third kappa shape index (κ3) is 2.98.